The zero-order chi connectivity index (χ0) is 27.0. The summed E-state index contributed by atoms with van der Waals surface area (Å²) in [5, 5.41) is 28.4. The van der Waals surface area contributed by atoms with Crippen LogP contribution in [0.1, 0.15) is 29.6 Å². The summed E-state index contributed by atoms with van der Waals surface area (Å²) < 4.78 is 0. The van der Waals surface area contributed by atoms with Crippen molar-refractivity contribution in [2.75, 3.05) is 18.0 Å². The van der Waals surface area contributed by atoms with Gasteiger partial charge in [0.25, 0.3) is 0 Å². The smallest absolute Gasteiger partial charge is 0.150 e. The third-order valence-corrected chi connectivity index (χ3v) is 7.58. The van der Waals surface area contributed by atoms with Crippen LogP contribution in [-0.2, 0) is 0 Å². The molecule has 1 aliphatic rings. The minimum Gasteiger partial charge on any atom is -0.363 e. The fourth-order valence-corrected chi connectivity index (χ4v) is 5.19. The van der Waals surface area contributed by atoms with Crippen LogP contribution in [-0.4, -0.2) is 19.4 Å². The molecular weight excluding hydrogens is 553 g/mol. The molecule has 11 heteroatoms. The first-order valence-corrected chi connectivity index (χ1v) is 13.9. The molecule has 3 aromatic carbocycles. The Morgan fingerprint density at radius 2 is 1.21 bits per heavy atom. The molecule has 8 nitrogen and oxygen atoms in total. The first-order chi connectivity index (χ1) is 19.1. The lowest BCUT2D eigenvalue weighted by Crippen LogP contribution is -2.28. The summed E-state index contributed by atoms with van der Waals surface area (Å²) in [7, 11) is 0. The first-order valence-electron chi connectivity index (χ1n) is 12.3. The van der Waals surface area contributed by atoms with Crippen LogP contribution in [0.4, 0.5) is 38.4 Å². The molecule has 0 radical (unpaired) electrons. The number of hydrogen-bond acceptors (Lipinski definition) is 9. The van der Waals surface area contributed by atoms with Gasteiger partial charge in [-0.05, 0) is 92.1 Å². The monoisotopic (exact) mass is 575 g/mol. The van der Waals surface area contributed by atoms with Gasteiger partial charge >= 0.3 is 0 Å². The molecule has 0 bridgehead atoms. The highest BCUT2D eigenvalue weighted by atomic mass is 35.5. The van der Waals surface area contributed by atoms with Crippen molar-refractivity contribution in [3.8, 4) is 0 Å². The Balaban J connectivity index is 1.21. The summed E-state index contributed by atoms with van der Waals surface area (Å²) in [6, 6.07) is 21.2. The van der Waals surface area contributed by atoms with Crippen molar-refractivity contribution in [1.82, 2.24) is 0 Å². The molecule has 1 aromatic heterocycles. The molecule has 0 saturated carbocycles. The number of thiophene rings is 1. The summed E-state index contributed by atoms with van der Waals surface area (Å²) in [5.74, 6) is 0. The van der Waals surface area contributed by atoms with E-state index in [4.69, 9.17) is 23.2 Å². The van der Waals surface area contributed by atoms with E-state index in [9.17, 15) is 4.79 Å². The summed E-state index contributed by atoms with van der Waals surface area (Å²) in [6.45, 7) is 2.20. The normalized spacial score (nSPS) is 14.2. The van der Waals surface area contributed by atoms with Crippen LogP contribution >= 0.6 is 34.5 Å². The highest BCUT2D eigenvalue weighted by Gasteiger charge is 2.13. The van der Waals surface area contributed by atoms with E-state index in [0.717, 1.165) is 24.4 Å². The molecular formula is C28H23Cl2N7OS. The van der Waals surface area contributed by atoms with Crippen molar-refractivity contribution < 1.29 is 4.79 Å². The summed E-state index contributed by atoms with van der Waals surface area (Å²) in [6.07, 6.45) is 4.55. The van der Waals surface area contributed by atoms with E-state index in [2.05, 4.69) is 41.7 Å². The van der Waals surface area contributed by atoms with Gasteiger partial charge in [0, 0.05) is 18.7 Å². The van der Waals surface area contributed by atoms with Crippen molar-refractivity contribution in [2.24, 2.45) is 30.7 Å². The zero-order valence-electron chi connectivity index (χ0n) is 20.7. The van der Waals surface area contributed by atoms with E-state index >= 15 is 0 Å². The Hall–Kier alpha value is -3.79. The van der Waals surface area contributed by atoms with E-state index in [0.29, 0.717) is 44.0 Å². The molecule has 2 heterocycles. The van der Waals surface area contributed by atoms with Gasteiger partial charge < -0.3 is 4.90 Å². The predicted octanol–water partition coefficient (Wildman–Crippen LogP) is 11.1. The molecule has 1 fully saturated rings. The molecule has 1 saturated heterocycles. The number of anilines is 1. The molecule has 5 rings (SSSR count). The lowest BCUT2D eigenvalue weighted by Gasteiger charge is -2.26. The molecule has 196 valence electrons. The minimum absolute atomic E-state index is 0.374. The van der Waals surface area contributed by atoms with Gasteiger partial charge in [-0.1, -0.05) is 34.5 Å². The van der Waals surface area contributed by atoms with Crippen molar-refractivity contribution >= 4 is 79.3 Å². The maximum atomic E-state index is 10.8. The number of benzene rings is 3. The third-order valence-electron chi connectivity index (χ3n) is 5.95. The van der Waals surface area contributed by atoms with Crippen LogP contribution in [0, 0.1) is 0 Å². The van der Waals surface area contributed by atoms with Gasteiger partial charge in [0.05, 0.1) is 32.1 Å². The van der Waals surface area contributed by atoms with Crippen molar-refractivity contribution in [3.05, 3.63) is 88.4 Å². The lowest BCUT2D eigenvalue weighted by molar-refractivity contribution is 0.112. The number of azo groups is 3. The first kappa shape index (κ1) is 26.8. The number of nitrogens with zero attached hydrogens (tertiary/aromatic N) is 7. The van der Waals surface area contributed by atoms with Gasteiger partial charge in [0.1, 0.15) is 22.7 Å². The molecule has 39 heavy (non-hydrogen) atoms. The Kier molecular flexibility index (Phi) is 8.82. The average molecular weight is 577 g/mol. The number of carbonyl (C=O) groups excluding carboxylic acids is 1. The van der Waals surface area contributed by atoms with Crippen molar-refractivity contribution in [3.63, 3.8) is 0 Å². The van der Waals surface area contributed by atoms with Gasteiger partial charge in [-0.25, -0.2) is 0 Å². The third kappa shape index (κ3) is 7.20. The van der Waals surface area contributed by atoms with Crippen LogP contribution in [0.5, 0.6) is 0 Å². The number of piperidine rings is 1. The Morgan fingerprint density at radius 1 is 0.641 bits per heavy atom. The van der Waals surface area contributed by atoms with Gasteiger partial charge in [0.15, 0.2) is 0 Å². The quantitative estimate of drug-likeness (QED) is 0.154. The highest BCUT2D eigenvalue weighted by molar-refractivity contribution is 7.19. The Labute approximate surface area is 239 Å². The largest absolute Gasteiger partial charge is 0.363 e. The van der Waals surface area contributed by atoms with Crippen LogP contribution in [0.3, 0.4) is 0 Å². The second-order valence-electron chi connectivity index (χ2n) is 8.74. The highest BCUT2D eigenvalue weighted by Crippen LogP contribution is 2.36. The molecule has 0 N–H and O–H groups in total. The number of halogens is 2. The van der Waals surface area contributed by atoms with Crippen LogP contribution in [0.15, 0.2) is 103 Å². The van der Waals surface area contributed by atoms with Crippen LogP contribution < -0.4 is 4.90 Å². The molecule has 0 unspecified atom stereocenters. The minimum atomic E-state index is 0.374. The fraction of sp³-hybridized carbons (Fsp3) is 0.179. The molecule has 4 aromatic rings. The van der Waals surface area contributed by atoms with E-state index < -0.39 is 0 Å². The zero-order valence-corrected chi connectivity index (χ0v) is 23.1. The second-order valence-corrected chi connectivity index (χ2v) is 10.6. The van der Waals surface area contributed by atoms with Crippen molar-refractivity contribution in [2.45, 2.75) is 19.3 Å². The molecule has 0 atom stereocenters. The Morgan fingerprint density at radius 3 is 1.79 bits per heavy atom. The van der Waals surface area contributed by atoms with Gasteiger partial charge in [0.2, 0.25) is 0 Å². The van der Waals surface area contributed by atoms with E-state index in [-0.39, 0.29) is 0 Å². The van der Waals surface area contributed by atoms with Gasteiger partial charge in [-0.15, -0.1) is 20.5 Å². The Bertz CT molecular complexity index is 1540. The van der Waals surface area contributed by atoms with E-state index in [1.165, 1.54) is 24.3 Å². The number of carbonyl (C=O) groups is 1. The SMILES string of the molecule is O=Cc1ccc(N=Nc2ccc(N=Nc3ccc(N=Nc4ccc(N5CCCCC5)s4)cc3Cl)cc2Cl)cc1. The van der Waals surface area contributed by atoms with Crippen LogP contribution in [0.2, 0.25) is 10.0 Å². The number of rotatable bonds is 8. The summed E-state index contributed by atoms with van der Waals surface area (Å²) >= 11 is 14.4. The second kappa shape index (κ2) is 12.8. The average Bonchev–Trinajstić information content (AvgIpc) is 3.45. The van der Waals surface area contributed by atoms with E-state index in [1.54, 1.807) is 72.0 Å². The summed E-state index contributed by atoms with van der Waals surface area (Å²) in [5.41, 5.74) is 3.33. The topological polar surface area (TPSA) is 94.5 Å². The fourth-order valence-electron chi connectivity index (χ4n) is 3.88. The van der Waals surface area contributed by atoms with Crippen molar-refractivity contribution in [1.29, 1.82) is 0 Å². The molecule has 0 spiro atoms. The van der Waals surface area contributed by atoms with E-state index in [1.807, 2.05) is 6.07 Å². The standard InChI is InChI=1S/C28H23Cl2N7OS/c29-23-16-21(8-10-25(23)34-31-20-6-4-19(18-38)5-7-20)32-35-26-11-9-22(17-24(26)30)33-36-27-12-13-28(39-27)37-14-2-1-3-15-37/h4-13,16-18H,1-3,14-15H2. The van der Waals surface area contributed by atoms with Crippen LogP contribution in [0.25, 0.3) is 0 Å². The molecule has 0 amide bonds. The number of hydrogen-bond donors (Lipinski definition) is 0. The molecule has 0 aliphatic carbocycles. The van der Waals surface area contributed by atoms with Gasteiger partial charge in [-0.2, -0.15) is 10.2 Å². The maximum Gasteiger partial charge on any atom is 0.150 e. The number of aldehydes is 1. The molecule has 1 aliphatic heterocycles. The maximum absolute atomic E-state index is 10.8. The lowest BCUT2D eigenvalue weighted by atomic mass is 10.1. The van der Waals surface area contributed by atoms with Gasteiger partial charge in [-0.3, -0.25) is 4.79 Å². The predicted molar refractivity (Wildman–Crippen MR) is 158 cm³/mol. The summed E-state index contributed by atoms with van der Waals surface area (Å²) in [4.78, 5) is 13.2.